The first kappa shape index (κ1) is 14.7. The number of thiazole rings is 1. The molecule has 1 heterocycles. The van der Waals surface area contributed by atoms with Crippen molar-refractivity contribution in [3.63, 3.8) is 0 Å². The first-order valence-electron chi connectivity index (χ1n) is 6.88. The number of fused-ring (bicyclic) bond motifs is 1. The average Bonchev–Trinajstić information content (AvgIpc) is 2.76. The standard InChI is InChI=1S/C16H20N2OS/c1-5-9-18-13-8-7-12(6-2)10-14(13)20-16(18)17-15(19)11(3)4/h5,7-8,10-11H,1,6,9H2,2-4H3. The van der Waals surface area contributed by atoms with Gasteiger partial charge in [-0.15, -0.1) is 6.58 Å². The lowest BCUT2D eigenvalue weighted by molar-refractivity contribution is -0.120. The predicted octanol–water partition coefficient (Wildman–Crippen LogP) is 3.53. The molecule has 0 N–H and O–H groups in total. The van der Waals surface area contributed by atoms with Gasteiger partial charge < -0.3 is 4.57 Å². The maximum atomic E-state index is 11.9. The zero-order valence-corrected chi connectivity index (χ0v) is 13.0. The van der Waals surface area contributed by atoms with Gasteiger partial charge in [0.15, 0.2) is 4.80 Å². The minimum absolute atomic E-state index is 0.0786. The summed E-state index contributed by atoms with van der Waals surface area (Å²) in [6.45, 7) is 10.3. The Balaban J connectivity index is 2.66. The number of allylic oxidation sites excluding steroid dienone is 1. The van der Waals surface area contributed by atoms with Gasteiger partial charge in [-0.2, -0.15) is 4.99 Å². The van der Waals surface area contributed by atoms with Gasteiger partial charge in [0.25, 0.3) is 5.91 Å². The summed E-state index contributed by atoms with van der Waals surface area (Å²) < 4.78 is 3.22. The van der Waals surface area contributed by atoms with E-state index in [2.05, 4.69) is 36.7 Å². The monoisotopic (exact) mass is 288 g/mol. The van der Waals surface area contributed by atoms with Gasteiger partial charge in [0.05, 0.1) is 10.2 Å². The molecule has 0 atom stereocenters. The summed E-state index contributed by atoms with van der Waals surface area (Å²) in [6.07, 6.45) is 2.84. The minimum atomic E-state index is -0.0800. The van der Waals surface area contributed by atoms with Gasteiger partial charge in [-0.1, -0.05) is 44.3 Å². The van der Waals surface area contributed by atoms with Crippen molar-refractivity contribution in [3.05, 3.63) is 41.2 Å². The molecule has 2 aromatic rings. The van der Waals surface area contributed by atoms with E-state index in [1.807, 2.05) is 24.5 Å². The van der Waals surface area contributed by atoms with E-state index in [-0.39, 0.29) is 11.8 Å². The number of aryl methyl sites for hydroxylation is 1. The highest BCUT2D eigenvalue weighted by atomic mass is 32.1. The third-order valence-corrected chi connectivity index (χ3v) is 4.21. The van der Waals surface area contributed by atoms with E-state index in [4.69, 9.17) is 0 Å². The molecule has 0 aliphatic heterocycles. The number of nitrogens with zero attached hydrogens (tertiary/aromatic N) is 2. The molecule has 20 heavy (non-hydrogen) atoms. The molecule has 0 fully saturated rings. The summed E-state index contributed by atoms with van der Waals surface area (Å²) in [7, 11) is 0. The van der Waals surface area contributed by atoms with Crippen LogP contribution in [0.4, 0.5) is 0 Å². The summed E-state index contributed by atoms with van der Waals surface area (Å²) in [5, 5.41) is 0. The van der Waals surface area contributed by atoms with Gasteiger partial charge in [0.1, 0.15) is 0 Å². The molecule has 2 rings (SSSR count). The van der Waals surface area contributed by atoms with Gasteiger partial charge in [-0.25, -0.2) is 0 Å². The second-order valence-corrected chi connectivity index (χ2v) is 6.05. The normalized spacial score (nSPS) is 12.3. The number of carbonyl (C=O) groups excluding carboxylic acids is 1. The van der Waals surface area contributed by atoms with E-state index in [0.717, 1.165) is 16.7 Å². The highest BCUT2D eigenvalue weighted by Crippen LogP contribution is 2.19. The van der Waals surface area contributed by atoms with Crippen LogP contribution in [0.15, 0.2) is 35.8 Å². The lowest BCUT2D eigenvalue weighted by Crippen LogP contribution is -2.17. The number of carbonyl (C=O) groups is 1. The van der Waals surface area contributed by atoms with E-state index in [1.54, 1.807) is 11.3 Å². The number of hydrogen-bond acceptors (Lipinski definition) is 2. The molecule has 1 amide bonds. The van der Waals surface area contributed by atoms with E-state index in [0.29, 0.717) is 6.54 Å². The second kappa shape index (κ2) is 6.18. The van der Waals surface area contributed by atoms with E-state index >= 15 is 0 Å². The van der Waals surface area contributed by atoms with E-state index in [1.165, 1.54) is 10.3 Å². The van der Waals surface area contributed by atoms with Gasteiger partial charge in [-0.3, -0.25) is 4.79 Å². The molecule has 0 unspecified atom stereocenters. The highest BCUT2D eigenvalue weighted by molar-refractivity contribution is 7.16. The van der Waals surface area contributed by atoms with Crippen molar-refractivity contribution in [2.24, 2.45) is 10.9 Å². The van der Waals surface area contributed by atoms with Crippen molar-refractivity contribution in [1.82, 2.24) is 4.57 Å². The summed E-state index contributed by atoms with van der Waals surface area (Å²) in [5.74, 6) is -0.159. The number of rotatable bonds is 4. The summed E-state index contributed by atoms with van der Waals surface area (Å²) in [6, 6.07) is 6.41. The molecule has 106 valence electrons. The fourth-order valence-electron chi connectivity index (χ4n) is 1.95. The fraction of sp³-hybridized carbons (Fsp3) is 0.375. The van der Waals surface area contributed by atoms with Crippen LogP contribution >= 0.6 is 11.3 Å². The van der Waals surface area contributed by atoms with Crippen LogP contribution in [0.1, 0.15) is 26.3 Å². The minimum Gasteiger partial charge on any atom is -0.313 e. The van der Waals surface area contributed by atoms with E-state index < -0.39 is 0 Å². The van der Waals surface area contributed by atoms with Crippen molar-refractivity contribution in [2.45, 2.75) is 33.7 Å². The lowest BCUT2D eigenvalue weighted by Gasteiger charge is -2.02. The number of amides is 1. The van der Waals surface area contributed by atoms with Crippen LogP contribution in [0.3, 0.4) is 0 Å². The molecule has 3 nitrogen and oxygen atoms in total. The molecular weight excluding hydrogens is 268 g/mol. The molecule has 0 spiro atoms. The molecule has 0 saturated heterocycles. The summed E-state index contributed by atoms with van der Waals surface area (Å²) >= 11 is 1.57. The van der Waals surface area contributed by atoms with Crippen molar-refractivity contribution >= 4 is 27.5 Å². The average molecular weight is 288 g/mol. The van der Waals surface area contributed by atoms with Crippen LogP contribution in [0, 0.1) is 5.92 Å². The van der Waals surface area contributed by atoms with Gasteiger partial charge in [0, 0.05) is 12.5 Å². The molecule has 4 heteroatoms. The Morgan fingerprint density at radius 2 is 2.25 bits per heavy atom. The van der Waals surface area contributed by atoms with Gasteiger partial charge >= 0.3 is 0 Å². The van der Waals surface area contributed by atoms with Crippen LogP contribution in [0.25, 0.3) is 10.2 Å². The summed E-state index contributed by atoms with van der Waals surface area (Å²) in [5.41, 5.74) is 2.41. The lowest BCUT2D eigenvalue weighted by atomic mass is 10.2. The molecule has 0 aliphatic rings. The quantitative estimate of drug-likeness (QED) is 0.792. The van der Waals surface area contributed by atoms with Gasteiger partial charge in [0.2, 0.25) is 0 Å². The smallest absolute Gasteiger partial charge is 0.250 e. The van der Waals surface area contributed by atoms with Crippen molar-refractivity contribution in [3.8, 4) is 0 Å². The van der Waals surface area contributed by atoms with Crippen LogP contribution in [-0.2, 0) is 17.8 Å². The van der Waals surface area contributed by atoms with Crippen molar-refractivity contribution < 1.29 is 4.79 Å². The largest absolute Gasteiger partial charge is 0.313 e. The Bertz CT molecular complexity index is 707. The molecule has 0 aliphatic carbocycles. The topological polar surface area (TPSA) is 34.4 Å². The highest BCUT2D eigenvalue weighted by Gasteiger charge is 2.09. The maximum Gasteiger partial charge on any atom is 0.250 e. The zero-order chi connectivity index (χ0) is 14.7. The fourth-order valence-corrected chi connectivity index (χ4v) is 3.06. The van der Waals surface area contributed by atoms with Crippen molar-refractivity contribution in [2.75, 3.05) is 0 Å². The Labute approximate surface area is 123 Å². The maximum absolute atomic E-state index is 11.9. The molecule has 1 aromatic carbocycles. The van der Waals surface area contributed by atoms with Crippen LogP contribution in [-0.4, -0.2) is 10.5 Å². The second-order valence-electron chi connectivity index (χ2n) is 5.04. The first-order valence-corrected chi connectivity index (χ1v) is 7.70. The van der Waals surface area contributed by atoms with E-state index in [9.17, 15) is 4.79 Å². The molecule has 0 radical (unpaired) electrons. The molecular formula is C16H20N2OS. The summed E-state index contributed by atoms with van der Waals surface area (Å²) in [4.78, 5) is 16.9. The third kappa shape index (κ3) is 2.90. The van der Waals surface area contributed by atoms with Crippen molar-refractivity contribution in [1.29, 1.82) is 0 Å². The zero-order valence-electron chi connectivity index (χ0n) is 12.2. The first-order chi connectivity index (χ1) is 9.56. The molecule has 1 aromatic heterocycles. The number of benzene rings is 1. The Kier molecular flexibility index (Phi) is 4.55. The molecule has 0 bridgehead atoms. The predicted molar refractivity (Wildman–Crippen MR) is 84.8 cm³/mol. The molecule has 0 saturated carbocycles. The Morgan fingerprint density at radius 1 is 1.50 bits per heavy atom. The van der Waals surface area contributed by atoms with Crippen LogP contribution in [0.2, 0.25) is 0 Å². The third-order valence-electron chi connectivity index (χ3n) is 3.17. The van der Waals surface area contributed by atoms with Gasteiger partial charge in [-0.05, 0) is 24.1 Å². The Morgan fingerprint density at radius 3 is 2.85 bits per heavy atom. The SMILES string of the molecule is C=CCn1c(=NC(=O)C(C)C)sc2cc(CC)ccc21. The number of hydrogen-bond donors (Lipinski definition) is 0. The van der Waals surface area contributed by atoms with Crippen LogP contribution < -0.4 is 4.80 Å². The Hall–Kier alpha value is -1.68. The van der Waals surface area contributed by atoms with Crippen LogP contribution in [0.5, 0.6) is 0 Å². The number of aromatic nitrogens is 1.